The van der Waals surface area contributed by atoms with Crippen LogP contribution in [0, 0.1) is 13.8 Å². The van der Waals surface area contributed by atoms with Crippen molar-refractivity contribution in [1.29, 1.82) is 0 Å². The van der Waals surface area contributed by atoms with Crippen molar-refractivity contribution < 1.29 is 14.4 Å². The van der Waals surface area contributed by atoms with E-state index in [9.17, 15) is 14.4 Å². The van der Waals surface area contributed by atoms with Crippen molar-refractivity contribution in [3.63, 3.8) is 0 Å². The van der Waals surface area contributed by atoms with Crippen LogP contribution in [0.5, 0.6) is 0 Å². The lowest BCUT2D eigenvalue weighted by Gasteiger charge is -2.24. The lowest BCUT2D eigenvalue weighted by Crippen LogP contribution is -2.42. The van der Waals surface area contributed by atoms with E-state index in [4.69, 9.17) is 0 Å². The van der Waals surface area contributed by atoms with Crippen molar-refractivity contribution in [1.82, 2.24) is 10.2 Å². The van der Waals surface area contributed by atoms with Gasteiger partial charge in [-0.05, 0) is 65.5 Å². The molecule has 27 heavy (non-hydrogen) atoms. The standard InChI is InChI=1S/C20H20BrN3O3/c1-12-8-9-16(15(21)10-12)22-17(25)11-24-18(26)20(3,23-19(24)27)14-7-5-4-6-13(14)2/h4-10H,11H2,1-3H3,(H,22,25)(H,23,27). The third kappa shape index (κ3) is 3.60. The number of nitrogens with one attached hydrogen (secondary N) is 2. The van der Waals surface area contributed by atoms with Crippen LogP contribution >= 0.6 is 15.9 Å². The summed E-state index contributed by atoms with van der Waals surface area (Å²) >= 11 is 3.39. The zero-order valence-electron chi connectivity index (χ0n) is 15.3. The number of amides is 4. The summed E-state index contributed by atoms with van der Waals surface area (Å²) in [5.41, 5.74) is 2.05. The van der Waals surface area contributed by atoms with Crippen molar-refractivity contribution in [2.45, 2.75) is 26.3 Å². The Morgan fingerprint density at radius 3 is 2.56 bits per heavy atom. The summed E-state index contributed by atoms with van der Waals surface area (Å²) in [5.74, 6) is -0.892. The zero-order chi connectivity index (χ0) is 19.8. The van der Waals surface area contributed by atoms with Gasteiger partial charge in [0.2, 0.25) is 5.91 Å². The van der Waals surface area contributed by atoms with Crippen LogP contribution in [-0.4, -0.2) is 29.3 Å². The number of carbonyl (C=O) groups excluding carboxylic acids is 3. The normalized spacial score (nSPS) is 19.2. The number of imide groups is 1. The molecule has 0 aliphatic carbocycles. The maximum absolute atomic E-state index is 12.9. The monoisotopic (exact) mass is 429 g/mol. The summed E-state index contributed by atoms with van der Waals surface area (Å²) < 4.78 is 0.734. The van der Waals surface area contributed by atoms with E-state index in [1.165, 1.54) is 0 Å². The van der Waals surface area contributed by atoms with E-state index in [1.807, 2.05) is 44.2 Å². The first-order chi connectivity index (χ1) is 12.7. The van der Waals surface area contributed by atoms with Crippen LogP contribution in [0.15, 0.2) is 46.9 Å². The molecule has 1 heterocycles. The number of benzene rings is 2. The fourth-order valence-corrected chi connectivity index (χ4v) is 3.80. The second kappa shape index (κ2) is 7.15. The lowest BCUT2D eigenvalue weighted by molar-refractivity contribution is -0.133. The van der Waals surface area contributed by atoms with Gasteiger partial charge in [-0.2, -0.15) is 0 Å². The fraction of sp³-hybridized carbons (Fsp3) is 0.250. The van der Waals surface area contributed by atoms with Gasteiger partial charge in [0.25, 0.3) is 5.91 Å². The van der Waals surface area contributed by atoms with E-state index in [0.29, 0.717) is 11.3 Å². The first kappa shape index (κ1) is 19.1. The Morgan fingerprint density at radius 1 is 1.19 bits per heavy atom. The highest BCUT2D eigenvalue weighted by atomic mass is 79.9. The molecule has 1 unspecified atom stereocenters. The molecule has 1 atom stereocenters. The van der Waals surface area contributed by atoms with E-state index in [0.717, 1.165) is 20.5 Å². The number of aryl methyl sites for hydroxylation is 2. The molecule has 2 N–H and O–H groups in total. The van der Waals surface area contributed by atoms with Gasteiger partial charge in [-0.25, -0.2) is 4.79 Å². The number of halogens is 1. The van der Waals surface area contributed by atoms with Gasteiger partial charge in [0.05, 0.1) is 5.69 Å². The highest BCUT2D eigenvalue weighted by molar-refractivity contribution is 9.10. The molecular formula is C20H20BrN3O3. The van der Waals surface area contributed by atoms with Crippen molar-refractivity contribution in [3.8, 4) is 0 Å². The molecule has 1 aliphatic heterocycles. The summed E-state index contributed by atoms with van der Waals surface area (Å²) in [7, 11) is 0. The van der Waals surface area contributed by atoms with Crippen LogP contribution in [0.1, 0.15) is 23.6 Å². The fourth-order valence-electron chi connectivity index (χ4n) is 3.21. The van der Waals surface area contributed by atoms with Gasteiger partial charge >= 0.3 is 6.03 Å². The number of nitrogens with zero attached hydrogens (tertiary/aromatic N) is 1. The summed E-state index contributed by atoms with van der Waals surface area (Å²) in [6.45, 7) is 5.12. The quantitative estimate of drug-likeness (QED) is 0.730. The molecule has 6 nitrogen and oxygen atoms in total. The predicted octanol–water partition coefficient (Wildman–Crippen LogP) is 3.47. The molecule has 0 bridgehead atoms. The Balaban J connectivity index is 1.78. The Labute approximate surface area is 166 Å². The average Bonchev–Trinajstić information content (AvgIpc) is 2.82. The van der Waals surface area contributed by atoms with Gasteiger partial charge in [0.15, 0.2) is 0 Å². The molecule has 1 aliphatic rings. The van der Waals surface area contributed by atoms with Crippen molar-refractivity contribution in [3.05, 3.63) is 63.6 Å². The zero-order valence-corrected chi connectivity index (χ0v) is 16.9. The van der Waals surface area contributed by atoms with Crippen LogP contribution in [0.25, 0.3) is 0 Å². The number of urea groups is 1. The molecule has 2 aromatic rings. The third-order valence-electron chi connectivity index (χ3n) is 4.66. The van der Waals surface area contributed by atoms with Crippen LogP contribution in [-0.2, 0) is 15.1 Å². The van der Waals surface area contributed by atoms with Gasteiger partial charge in [0, 0.05) is 4.47 Å². The third-order valence-corrected chi connectivity index (χ3v) is 5.32. The predicted molar refractivity (Wildman–Crippen MR) is 106 cm³/mol. The van der Waals surface area contributed by atoms with E-state index in [-0.39, 0.29) is 6.54 Å². The van der Waals surface area contributed by atoms with Crippen molar-refractivity contribution >= 4 is 39.5 Å². The highest BCUT2D eigenvalue weighted by Crippen LogP contribution is 2.31. The molecule has 1 saturated heterocycles. The highest BCUT2D eigenvalue weighted by Gasteiger charge is 2.50. The maximum Gasteiger partial charge on any atom is 0.325 e. The molecule has 0 saturated carbocycles. The van der Waals surface area contributed by atoms with Crippen molar-refractivity contribution in [2.24, 2.45) is 0 Å². The molecule has 0 spiro atoms. The average molecular weight is 430 g/mol. The number of carbonyl (C=O) groups is 3. The van der Waals surface area contributed by atoms with E-state index >= 15 is 0 Å². The molecule has 1 fully saturated rings. The van der Waals surface area contributed by atoms with Gasteiger partial charge in [-0.3, -0.25) is 14.5 Å². The molecular weight excluding hydrogens is 410 g/mol. The second-order valence-electron chi connectivity index (χ2n) is 6.79. The first-order valence-corrected chi connectivity index (χ1v) is 9.28. The molecule has 0 aromatic heterocycles. The van der Waals surface area contributed by atoms with E-state index in [1.54, 1.807) is 19.1 Å². The van der Waals surface area contributed by atoms with Crippen LogP contribution in [0.3, 0.4) is 0 Å². The van der Waals surface area contributed by atoms with Crippen LogP contribution in [0.4, 0.5) is 10.5 Å². The van der Waals surface area contributed by atoms with Gasteiger partial charge < -0.3 is 10.6 Å². The smallest absolute Gasteiger partial charge is 0.323 e. The minimum atomic E-state index is -1.19. The molecule has 4 amide bonds. The summed E-state index contributed by atoms with van der Waals surface area (Å²) in [6.07, 6.45) is 0. The van der Waals surface area contributed by atoms with Crippen molar-refractivity contribution in [2.75, 3.05) is 11.9 Å². The van der Waals surface area contributed by atoms with Crippen LogP contribution < -0.4 is 10.6 Å². The lowest BCUT2D eigenvalue weighted by atomic mass is 9.88. The van der Waals surface area contributed by atoms with E-state index < -0.39 is 23.4 Å². The number of rotatable bonds is 4. The Morgan fingerprint density at radius 2 is 1.89 bits per heavy atom. The first-order valence-electron chi connectivity index (χ1n) is 8.48. The second-order valence-corrected chi connectivity index (χ2v) is 7.65. The Hall–Kier alpha value is -2.67. The van der Waals surface area contributed by atoms with Gasteiger partial charge in [-0.15, -0.1) is 0 Å². The summed E-state index contributed by atoms with van der Waals surface area (Å²) in [5, 5.41) is 5.45. The topological polar surface area (TPSA) is 78.5 Å². The molecule has 7 heteroatoms. The minimum Gasteiger partial charge on any atom is -0.323 e. The van der Waals surface area contributed by atoms with E-state index in [2.05, 4.69) is 26.6 Å². The number of hydrogen-bond donors (Lipinski definition) is 2. The Kier molecular flexibility index (Phi) is 5.06. The molecule has 0 radical (unpaired) electrons. The molecule has 3 rings (SSSR count). The van der Waals surface area contributed by atoms with Gasteiger partial charge in [0.1, 0.15) is 12.1 Å². The molecule has 2 aromatic carbocycles. The number of anilines is 1. The Bertz CT molecular complexity index is 944. The minimum absolute atomic E-state index is 0.355. The summed E-state index contributed by atoms with van der Waals surface area (Å²) in [4.78, 5) is 38.7. The largest absolute Gasteiger partial charge is 0.325 e. The summed E-state index contributed by atoms with van der Waals surface area (Å²) in [6, 6.07) is 12.3. The number of hydrogen-bond acceptors (Lipinski definition) is 3. The van der Waals surface area contributed by atoms with Crippen LogP contribution in [0.2, 0.25) is 0 Å². The molecule has 140 valence electrons. The SMILES string of the molecule is Cc1ccc(NC(=O)CN2C(=O)NC(C)(c3ccccc3C)C2=O)c(Br)c1. The maximum atomic E-state index is 12.9. The van der Waals surface area contributed by atoms with Gasteiger partial charge in [-0.1, -0.05) is 30.3 Å².